The van der Waals surface area contributed by atoms with Crippen LogP contribution in [0.2, 0.25) is 0 Å². The monoisotopic (exact) mass is 324 g/mol. The zero-order valence-electron chi connectivity index (χ0n) is 12.9. The van der Waals surface area contributed by atoms with E-state index in [1.165, 1.54) is 14.0 Å². The van der Waals surface area contributed by atoms with Gasteiger partial charge in [0.15, 0.2) is 17.3 Å². The highest BCUT2D eigenvalue weighted by atomic mass is 16.5. The third-order valence-electron chi connectivity index (χ3n) is 5.15. The Hall–Kier alpha value is -1.83. The smallest absolute Gasteiger partial charge is 0.170 e. The minimum atomic E-state index is -1.43. The molecule has 5 atom stereocenters. The summed E-state index contributed by atoms with van der Waals surface area (Å²) in [6.07, 6.45) is -2.37. The molecule has 0 aromatic heterocycles. The molecule has 5 N–H and O–H groups in total. The average molecular weight is 324 g/mol. The molecule has 7 heteroatoms. The molecule has 5 unspecified atom stereocenters. The van der Waals surface area contributed by atoms with E-state index in [0.29, 0.717) is 0 Å². The fourth-order valence-corrected chi connectivity index (χ4v) is 3.81. The molecule has 1 aromatic carbocycles. The number of phenolic OH excluding ortho intramolecular Hbond substituents is 2. The number of carbonyl (C=O) groups is 1. The number of aromatic hydroxyl groups is 2. The van der Waals surface area contributed by atoms with Gasteiger partial charge >= 0.3 is 0 Å². The number of ketones is 1. The summed E-state index contributed by atoms with van der Waals surface area (Å²) in [6.45, 7) is 1.45. The second-order valence-corrected chi connectivity index (χ2v) is 6.63. The van der Waals surface area contributed by atoms with E-state index in [1.54, 1.807) is 0 Å². The molecule has 0 amide bonds. The molecule has 0 aliphatic heterocycles. The minimum Gasteiger partial charge on any atom is -0.507 e. The molecule has 7 nitrogen and oxygen atoms in total. The number of Topliss-reactive ketones (excluding diaryl/α,β-unsaturated/α-hetero) is 1. The van der Waals surface area contributed by atoms with Gasteiger partial charge in [0.1, 0.15) is 5.75 Å². The number of fused-ring (bicyclic) bond motifs is 2. The Morgan fingerprint density at radius 3 is 2.57 bits per heavy atom. The van der Waals surface area contributed by atoms with Crippen molar-refractivity contribution in [1.29, 1.82) is 0 Å². The number of rotatable bonds is 1. The van der Waals surface area contributed by atoms with Gasteiger partial charge in [-0.2, -0.15) is 0 Å². The Morgan fingerprint density at radius 2 is 1.96 bits per heavy atom. The van der Waals surface area contributed by atoms with Gasteiger partial charge in [-0.15, -0.1) is 0 Å². The third kappa shape index (κ3) is 2.19. The number of hydrogen-bond acceptors (Lipinski definition) is 7. The van der Waals surface area contributed by atoms with Crippen LogP contribution in [0.4, 0.5) is 0 Å². The van der Waals surface area contributed by atoms with Crippen LogP contribution in [0, 0.1) is 11.8 Å². The molecule has 1 fully saturated rings. The molecule has 0 bridgehead atoms. The van der Waals surface area contributed by atoms with E-state index < -0.39 is 41.2 Å². The largest absolute Gasteiger partial charge is 0.507 e. The van der Waals surface area contributed by atoms with Gasteiger partial charge in [-0.05, 0) is 19.8 Å². The van der Waals surface area contributed by atoms with E-state index in [-0.39, 0.29) is 35.5 Å². The van der Waals surface area contributed by atoms with Crippen molar-refractivity contribution >= 4 is 5.78 Å². The number of benzene rings is 1. The SMILES string of the molecule is COc1cc(O)c2c(c1O)C(O)C1CC(C)(O)C(O)CC1C2=O. The van der Waals surface area contributed by atoms with Crippen molar-refractivity contribution in [3.05, 3.63) is 17.2 Å². The highest BCUT2D eigenvalue weighted by molar-refractivity contribution is 6.04. The van der Waals surface area contributed by atoms with Gasteiger partial charge in [-0.25, -0.2) is 0 Å². The fraction of sp³-hybridized carbons (Fsp3) is 0.562. The maximum atomic E-state index is 12.7. The predicted octanol–water partition coefficient (Wildman–Crippen LogP) is 0.474. The number of methoxy groups -OCH3 is 1. The van der Waals surface area contributed by atoms with Gasteiger partial charge in [-0.3, -0.25) is 4.79 Å². The Kier molecular flexibility index (Phi) is 3.55. The number of phenols is 2. The summed E-state index contributed by atoms with van der Waals surface area (Å²) in [5.41, 5.74) is -1.66. The van der Waals surface area contributed by atoms with Crippen LogP contribution in [0.5, 0.6) is 17.2 Å². The van der Waals surface area contributed by atoms with E-state index in [1.807, 2.05) is 0 Å². The second kappa shape index (κ2) is 5.09. The van der Waals surface area contributed by atoms with Gasteiger partial charge < -0.3 is 30.3 Å². The zero-order valence-corrected chi connectivity index (χ0v) is 12.9. The van der Waals surface area contributed by atoms with Gasteiger partial charge in [0.2, 0.25) is 0 Å². The molecule has 0 spiro atoms. The lowest BCUT2D eigenvalue weighted by Crippen LogP contribution is -2.52. The van der Waals surface area contributed by atoms with E-state index in [0.717, 1.165) is 6.07 Å². The van der Waals surface area contributed by atoms with Crippen molar-refractivity contribution < 1.29 is 35.1 Å². The molecule has 0 radical (unpaired) electrons. The van der Waals surface area contributed by atoms with Gasteiger partial charge in [0, 0.05) is 23.5 Å². The van der Waals surface area contributed by atoms with E-state index in [9.17, 15) is 30.3 Å². The van der Waals surface area contributed by atoms with Gasteiger partial charge in [0.25, 0.3) is 0 Å². The highest BCUT2D eigenvalue weighted by Gasteiger charge is 2.53. The molecular formula is C16H20O7. The van der Waals surface area contributed by atoms with Crippen LogP contribution in [-0.4, -0.2) is 50.1 Å². The summed E-state index contributed by atoms with van der Waals surface area (Å²) in [5.74, 6) is -2.68. The van der Waals surface area contributed by atoms with Crippen LogP contribution in [0.3, 0.4) is 0 Å². The van der Waals surface area contributed by atoms with Crippen molar-refractivity contribution in [2.45, 2.75) is 37.6 Å². The molecule has 23 heavy (non-hydrogen) atoms. The quantitative estimate of drug-likeness (QED) is 0.475. The molecule has 1 aromatic rings. The first-order valence-electron chi connectivity index (χ1n) is 7.44. The molecule has 3 rings (SSSR count). The van der Waals surface area contributed by atoms with Gasteiger partial charge in [-0.1, -0.05) is 0 Å². The van der Waals surface area contributed by atoms with Crippen LogP contribution in [0.1, 0.15) is 41.8 Å². The Morgan fingerprint density at radius 1 is 1.30 bits per heavy atom. The van der Waals surface area contributed by atoms with E-state index in [2.05, 4.69) is 0 Å². The van der Waals surface area contributed by atoms with Crippen LogP contribution >= 0.6 is 0 Å². The van der Waals surface area contributed by atoms with Gasteiger partial charge in [0.05, 0.1) is 30.5 Å². The molecule has 0 saturated heterocycles. The number of carbonyl (C=O) groups excluding carboxylic acids is 1. The Bertz CT molecular complexity index is 667. The summed E-state index contributed by atoms with van der Waals surface area (Å²) in [7, 11) is 1.29. The third-order valence-corrected chi connectivity index (χ3v) is 5.15. The summed E-state index contributed by atoms with van der Waals surface area (Å²) in [6, 6.07) is 1.12. The number of aliphatic hydroxyl groups is 3. The molecule has 2 aliphatic carbocycles. The van der Waals surface area contributed by atoms with Crippen LogP contribution < -0.4 is 4.74 Å². The maximum absolute atomic E-state index is 12.7. The Labute approximate surface area is 132 Å². The number of hydrogen-bond donors (Lipinski definition) is 5. The first kappa shape index (κ1) is 16.0. The van der Waals surface area contributed by atoms with Crippen molar-refractivity contribution in [2.75, 3.05) is 7.11 Å². The second-order valence-electron chi connectivity index (χ2n) is 6.63. The lowest BCUT2D eigenvalue weighted by atomic mass is 9.62. The Balaban J connectivity index is 2.17. The van der Waals surface area contributed by atoms with E-state index >= 15 is 0 Å². The predicted molar refractivity (Wildman–Crippen MR) is 78.5 cm³/mol. The highest BCUT2D eigenvalue weighted by Crippen LogP contribution is 2.54. The fourth-order valence-electron chi connectivity index (χ4n) is 3.81. The summed E-state index contributed by atoms with van der Waals surface area (Å²) in [5, 5.41) is 51.3. The molecule has 0 heterocycles. The standard InChI is InChI=1S/C16H20O7/c1-16(22)5-7-6(3-10(16)18)13(19)11-8(17)4-9(23-2)15(21)12(11)14(7)20/h4,6-7,10,14,17-18,20-22H,3,5H2,1-2H3. The molecule has 1 saturated carbocycles. The van der Waals surface area contributed by atoms with Crippen LogP contribution in [0.15, 0.2) is 6.07 Å². The normalized spacial score (nSPS) is 36.3. The van der Waals surface area contributed by atoms with Crippen molar-refractivity contribution in [3.8, 4) is 17.2 Å². The summed E-state index contributed by atoms with van der Waals surface area (Å²) in [4.78, 5) is 12.7. The zero-order chi connectivity index (χ0) is 17.1. The minimum absolute atomic E-state index is 0.00257. The molecular weight excluding hydrogens is 304 g/mol. The first-order chi connectivity index (χ1) is 10.7. The maximum Gasteiger partial charge on any atom is 0.170 e. The summed E-state index contributed by atoms with van der Waals surface area (Å²) < 4.78 is 4.95. The lowest BCUT2D eigenvalue weighted by Gasteiger charge is -2.46. The molecule has 2 aliphatic rings. The van der Waals surface area contributed by atoms with Crippen molar-refractivity contribution in [1.82, 2.24) is 0 Å². The van der Waals surface area contributed by atoms with Crippen LogP contribution in [0.25, 0.3) is 0 Å². The van der Waals surface area contributed by atoms with Crippen molar-refractivity contribution in [2.24, 2.45) is 11.8 Å². The topological polar surface area (TPSA) is 127 Å². The van der Waals surface area contributed by atoms with E-state index in [4.69, 9.17) is 4.74 Å². The van der Waals surface area contributed by atoms with Crippen LogP contribution in [-0.2, 0) is 0 Å². The average Bonchev–Trinajstić information content (AvgIpc) is 2.48. The lowest BCUT2D eigenvalue weighted by molar-refractivity contribution is -0.131. The first-order valence-corrected chi connectivity index (χ1v) is 7.44. The molecule has 126 valence electrons. The summed E-state index contributed by atoms with van der Waals surface area (Å²) >= 11 is 0. The van der Waals surface area contributed by atoms with Crippen molar-refractivity contribution in [3.63, 3.8) is 0 Å². The number of ether oxygens (including phenoxy) is 1. The number of aliphatic hydroxyl groups excluding tert-OH is 2.